The van der Waals surface area contributed by atoms with Crippen molar-refractivity contribution in [1.29, 1.82) is 0 Å². The van der Waals surface area contributed by atoms with Crippen LogP contribution in [0.25, 0.3) is 21.7 Å². The van der Waals surface area contributed by atoms with Crippen LogP contribution in [0.2, 0.25) is 0 Å². The zero-order chi connectivity index (χ0) is 28.2. The monoisotopic (exact) mass is 547 g/mol. The molecule has 2 aromatic heterocycles. The van der Waals surface area contributed by atoms with Crippen LogP contribution in [0, 0.1) is 0 Å². The number of urea groups is 1. The molecule has 0 saturated carbocycles. The van der Waals surface area contributed by atoms with E-state index >= 15 is 0 Å². The number of nitrogens with one attached hydrogen (secondary N) is 3. The van der Waals surface area contributed by atoms with Crippen molar-refractivity contribution in [1.82, 2.24) is 20.3 Å². The van der Waals surface area contributed by atoms with Gasteiger partial charge in [0.15, 0.2) is 0 Å². The first-order chi connectivity index (χ1) is 20.1. The summed E-state index contributed by atoms with van der Waals surface area (Å²) in [4.78, 5) is 28.6. The third kappa shape index (κ3) is 5.24. The minimum Gasteiger partial charge on any atom is -0.424 e. The Hall–Kier alpha value is -4.76. The Bertz CT molecular complexity index is 1690. The summed E-state index contributed by atoms with van der Waals surface area (Å²) in [5.74, 6) is 0.607. The lowest BCUT2D eigenvalue weighted by Gasteiger charge is -2.48. The number of piperazine rings is 1. The number of ether oxygens (including phenoxy) is 1. The largest absolute Gasteiger partial charge is 0.424 e. The summed E-state index contributed by atoms with van der Waals surface area (Å²) in [6.07, 6.45) is 7.21. The maximum atomic E-state index is 13.2. The molecule has 0 bridgehead atoms. The second kappa shape index (κ2) is 11.4. The van der Waals surface area contributed by atoms with E-state index in [1.165, 1.54) is 0 Å². The van der Waals surface area contributed by atoms with Crippen LogP contribution in [0.5, 0.6) is 11.8 Å². The lowest BCUT2D eigenvalue weighted by atomic mass is 9.87. The van der Waals surface area contributed by atoms with Crippen molar-refractivity contribution in [3.63, 3.8) is 0 Å². The van der Waals surface area contributed by atoms with Gasteiger partial charge in [-0.15, -0.1) is 0 Å². The smallest absolute Gasteiger partial charge is 0.323 e. The number of carbonyl (C=O) groups is 1. The number of pyridine rings is 1. The van der Waals surface area contributed by atoms with Gasteiger partial charge in [0.2, 0.25) is 0 Å². The van der Waals surface area contributed by atoms with Gasteiger partial charge < -0.3 is 25.6 Å². The van der Waals surface area contributed by atoms with Crippen LogP contribution in [0.1, 0.15) is 26.7 Å². The number of carbonyl (C=O) groups excluding carboxylic acids is 1. The molecule has 3 N–H and O–H groups in total. The first-order valence-electron chi connectivity index (χ1n) is 14.0. The Kier molecular flexibility index (Phi) is 7.35. The summed E-state index contributed by atoms with van der Waals surface area (Å²) >= 11 is 0. The molecule has 0 unspecified atom stereocenters. The molecular weight excluding hydrogens is 514 g/mol. The molecule has 208 valence electrons. The van der Waals surface area contributed by atoms with Crippen LogP contribution >= 0.6 is 0 Å². The predicted octanol–water partition coefficient (Wildman–Crippen LogP) is 6.58. The van der Waals surface area contributed by atoms with Crippen LogP contribution in [0.4, 0.5) is 21.9 Å². The van der Waals surface area contributed by atoms with E-state index in [9.17, 15) is 4.79 Å². The van der Waals surface area contributed by atoms with Gasteiger partial charge in [-0.3, -0.25) is 4.98 Å². The summed E-state index contributed by atoms with van der Waals surface area (Å²) in [5, 5.41) is 12.3. The van der Waals surface area contributed by atoms with Gasteiger partial charge in [-0.2, -0.15) is 0 Å². The molecule has 0 aliphatic carbocycles. The summed E-state index contributed by atoms with van der Waals surface area (Å²) < 4.78 is 5.92. The maximum absolute atomic E-state index is 13.2. The van der Waals surface area contributed by atoms with Crippen molar-refractivity contribution < 1.29 is 9.53 Å². The second-order valence-electron chi connectivity index (χ2n) is 10.2. The zero-order valence-corrected chi connectivity index (χ0v) is 23.2. The van der Waals surface area contributed by atoms with Gasteiger partial charge in [0.05, 0.1) is 16.7 Å². The Morgan fingerprint density at radius 3 is 2.54 bits per heavy atom. The number of fused-ring (bicyclic) bond motifs is 2. The number of nitrogens with zero attached hydrogens (tertiary/aromatic N) is 4. The van der Waals surface area contributed by atoms with Crippen LogP contribution in [-0.4, -0.2) is 46.2 Å². The second-order valence-corrected chi connectivity index (χ2v) is 10.2. The quantitative estimate of drug-likeness (QED) is 0.211. The molecule has 0 radical (unpaired) electrons. The number of hydrogen-bond acceptors (Lipinski definition) is 7. The normalized spacial score (nSPS) is 14.6. The van der Waals surface area contributed by atoms with E-state index in [1.54, 1.807) is 18.5 Å². The average molecular weight is 548 g/mol. The fourth-order valence-electron chi connectivity index (χ4n) is 5.75. The van der Waals surface area contributed by atoms with E-state index < -0.39 is 0 Å². The predicted molar refractivity (Wildman–Crippen MR) is 164 cm³/mol. The van der Waals surface area contributed by atoms with Crippen LogP contribution < -0.4 is 25.6 Å². The molecule has 9 heteroatoms. The number of rotatable bonds is 7. The Labute approximate surface area is 239 Å². The van der Waals surface area contributed by atoms with Crippen LogP contribution in [0.3, 0.4) is 0 Å². The molecule has 0 atom stereocenters. The van der Waals surface area contributed by atoms with Crippen LogP contribution in [0.15, 0.2) is 85.3 Å². The maximum Gasteiger partial charge on any atom is 0.323 e. The van der Waals surface area contributed by atoms with Crippen LogP contribution in [-0.2, 0) is 0 Å². The van der Waals surface area contributed by atoms with E-state index in [1.807, 2.05) is 60.8 Å². The SMILES string of the molecule is CCC1(CC)CNCCN1c1ccnc2ccc(NC(=O)Nc3cccc4c(Oc5ncccn5)cccc34)cc12. The molecule has 5 aromatic rings. The number of amides is 2. The van der Waals surface area contributed by atoms with Gasteiger partial charge in [-0.1, -0.05) is 38.1 Å². The molecule has 2 amide bonds. The highest BCUT2D eigenvalue weighted by Gasteiger charge is 2.36. The molecule has 41 heavy (non-hydrogen) atoms. The number of benzene rings is 3. The highest BCUT2D eigenvalue weighted by atomic mass is 16.5. The molecular formula is C32H33N7O2. The number of aromatic nitrogens is 3. The molecule has 6 rings (SSSR count). The number of hydrogen-bond donors (Lipinski definition) is 3. The van der Waals surface area contributed by atoms with Gasteiger partial charge in [0, 0.05) is 65.8 Å². The minimum atomic E-state index is -0.335. The van der Waals surface area contributed by atoms with Gasteiger partial charge >= 0.3 is 12.0 Å². The number of anilines is 3. The van der Waals surface area contributed by atoms with E-state index in [4.69, 9.17) is 4.74 Å². The summed E-state index contributed by atoms with van der Waals surface area (Å²) in [5.41, 5.74) is 3.45. The highest BCUT2D eigenvalue weighted by Crippen LogP contribution is 2.36. The minimum absolute atomic E-state index is 0.0386. The summed E-state index contributed by atoms with van der Waals surface area (Å²) in [7, 11) is 0. The molecule has 1 fully saturated rings. The molecule has 1 saturated heterocycles. The van der Waals surface area contributed by atoms with E-state index in [0.717, 1.165) is 59.8 Å². The molecule has 3 heterocycles. The van der Waals surface area contributed by atoms with Gasteiger partial charge in [0.25, 0.3) is 0 Å². The van der Waals surface area contributed by atoms with Crippen molar-refractivity contribution in [2.45, 2.75) is 32.2 Å². The topological polar surface area (TPSA) is 104 Å². The van der Waals surface area contributed by atoms with Crippen molar-refractivity contribution in [2.75, 3.05) is 35.2 Å². The molecule has 0 spiro atoms. The Morgan fingerprint density at radius 2 is 1.71 bits per heavy atom. The summed E-state index contributed by atoms with van der Waals surface area (Å²) in [6, 6.07) is 21.0. The van der Waals surface area contributed by atoms with Crippen molar-refractivity contribution in [3.8, 4) is 11.8 Å². The fraction of sp³-hybridized carbons (Fsp3) is 0.250. The molecule has 1 aliphatic heterocycles. The first-order valence-corrected chi connectivity index (χ1v) is 14.0. The Balaban J connectivity index is 1.26. The average Bonchev–Trinajstić information content (AvgIpc) is 3.01. The van der Waals surface area contributed by atoms with Gasteiger partial charge in [-0.05, 0) is 55.3 Å². The lowest BCUT2D eigenvalue weighted by Crippen LogP contribution is -2.61. The third-order valence-corrected chi connectivity index (χ3v) is 8.00. The molecule has 3 aromatic carbocycles. The van der Waals surface area contributed by atoms with E-state index in [-0.39, 0.29) is 17.6 Å². The lowest BCUT2D eigenvalue weighted by molar-refractivity contribution is 0.262. The Morgan fingerprint density at radius 1 is 0.902 bits per heavy atom. The zero-order valence-electron chi connectivity index (χ0n) is 23.2. The third-order valence-electron chi connectivity index (χ3n) is 8.00. The summed E-state index contributed by atoms with van der Waals surface area (Å²) in [6.45, 7) is 7.30. The van der Waals surface area contributed by atoms with Crippen molar-refractivity contribution in [2.24, 2.45) is 0 Å². The van der Waals surface area contributed by atoms with Crippen molar-refractivity contribution >= 4 is 44.8 Å². The van der Waals surface area contributed by atoms with Gasteiger partial charge in [-0.25, -0.2) is 14.8 Å². The molecule has 1 aliphatic rings. The fourth-order valence-corrected chi connectivity index (χ4v) is 5.75. The van der Waals surface area contributed by atoms with Gasteiger partial charge in [0.1, 0.15) is 5.75 Å². The van der Waals surface area contributed by atoms with Crippen molar-refractivity contribution in [3.05, 3.63) is 85.3 Å². The first kappa shape index (κ1) is 26.5. The van der Waals surface area contributed by atoms with E-state index in [0.29, 0.717) is 17.1 Å². The molecule has 9 nitrogen and oxygen atoms in total. The highest BCUT2D eigenvalue weighted by molar-refractivity contribution is 6.08. The van der Waals surface area contributed by atoms with E-state index in [2.05, 4.69) is 55.7 Å². The standard InChI is InChI=1S/C32H33N7O2/c1-3-32(4-2)21-33-18-19-39(32)28-14-17-34-26-13-12-22(20-25(26)28)37-30(40)38-27-10-5-9-24-23(27)8-6-11-29(24)41-31-35-15-7-16-36-31/h5-17,20,33H,3-4,18-19,21H2,1-2H3,(H2,37,38,40).